The summed E-state index contributed by atoms with van der Waals surface area (Å²) in [6.07, 6.45) is 3.65. The second-order valence-corrected chi connectivity index (χ2v) is 9.13. The molecule has 3 aromatic rings. The van der Waals surface area contributed by atoms with E-state index in [2.05, 4.69) is 25.5 Å². The molecule has 0 saturated carbocycles. The Labute approximate surface area is 180 Å². The van der Waals surface area contributed by atoms with Gasteiger partial charge in [0, 0.05) is 22.6 Å². The maximum Gasteiger partial charge on any atom is 0.255 e. The first-order valence-corrected chi connectivity index (χ1v) is 10.6. The number of aromatic nitrogens is 5. The van der Waals surface area contributed by atoms with Gasteiger partial charge in [0.15, 0.2) is 0 Å². The third-order valence-corrected chi connectivity index (χ3v) is 5.64. The number of nitrogens with one attached hydrogen (secondary N) is 2. The number of hydrogen-bond donors (Lipinski definition) is 2. The van der Waals surface area contributed by atoms with E-state index in [9.17, 15) is 9.59 Å². The Kier molecular flexibility index (Phi) is 5.28. The van der Waals surface area contributed by atoms with E-state index in [-0.39, 0.29) is 23.3 Å². The lowest BCUT2D eigenvalue weighted by Crippen LogP contribution is -2.25. The molecule has 3 aromatic heterocycles. The number of rotatable bonds is 4. The van der Waals surface area contributed by atoms with Gasteiger partial charge in [0.25, 0.3) is 5.56 Å². The van der Waals surface area contributed by atoms with Crippen LogP contribution >= 0.6 is 0 Å². The first-order chi connectivity index (χ1) is 14.6. The average Bonchev–Trinajstić information content (AvgIpc) is 3.26. The summed E-state index contributed by atoms with van der Waals surface area (Å²) < 4.78 is 6.67. The van der Waals surface area contributed by atoms with E-state index in [0.717, 1.165) is 48.2 Å². The van der Waals surface area contributed by atoms with E-state index in [1.54, 1.807) is 6.92 Å². The van der Waals surface area contributed by atoms with Crippen LogP contribution in [0.2, 0.25) is 0 Å². The van der Waals surface area contributed by atoms with Crippen molar-refractivity contribution in [3.63, 3.8) is 0 Å². The summed E-state index contributed by atoms with van der Waals surface area (Å²) in [7, 11) is 0. The van der Waals surface area contributed by atoms with Crippen molar-refractivity contribution in [1.29, 1.82) is 0 Å². The fraction of sp³-hybridized carbons (Fsp3) is 0.500. The van der Waals surface area contributed by atoms with Crippen molar-refractivity contribution < 1.29 is 9.32 Å². The number of hydrogen-bond acceptors (Lipinski definition) is 6. The van der Waals surface area contributed by atoms with Crippen molar-refractivity contribution in [3.8, 4) is 5.95 Å². The molecule has 0 radical (unpaired) electrons. The minimum atomic E-state index is -0.249. The van der Waals surface area contributed by atoms with Gasteiger partial charge in [0.05, 0.1) is 23.5 Å². The van der Waals surface area contributed by atoms with Crippen molar-refractivity contribution >= 4 is 11.7 Å². The van der Waals surface area contributed by atoms with Gasteiger partial charge in [-0.2, -0.15) is 9.78 Å². The van der Waals surface area contributed by atoms with Crippen LogP contribution in [0.15, 0.2) is 15.4 Å². The van der Waals surface area contributed by atoms with E-state index in [1.807, 2.05) is 33.8 Å². The molecule has 3 heterocycles. The van der Waals surface area contributed by atoms with Gasteiger partial charge in [-0.3, -0.25) is 14.6 Å². The first kappa shape index (κ1) is 21.0. The van der Waals surface area contributed by atoms with Crippen molar-refractivity contribution in [2.24, 2.45) is 0 Å². The highest BCUT2D eigenvalue weighted by Gasteiger charge is 2.24. The van der Waals surface area contributed by atoms with Crippen molar-refractivity contribution in [2.45, 2.75) is 72.1 Å². The second-order valence-electron chi connectivity index (χ2n) is 9.13. The molecule has 1 aliphatic carbocycles. The SMILES string of the molecule is Cc1noc(C)c1CC(=O)Nc1cc(C(C)(C)C)nn1-c1nc2c(c(=O)[nH]1)CCCC2. The Bertz CT molecular complexity index is 1180. The third kappa shape index (κ3) is 4.17. The quantitative estimate of drug-likeness (QED) is 0.665. The molecular formula is C22H28N6O3. The number of carbonyl (C=O) groups excluding carboxylic acids is 1. The second kappa shape index (κ2) is 7.79. The molecule has 0 unspecified atom stereocenters. The molecule has 0 aromatic carbocycles. The normalized spacial score (nSPS) is 13.8. The van der Waals surface area contributed by atoms with Crippen LogP contribution in [0.3, 0.4) is 0 Å². The number of anilines is 1. The molecule has 0 bridgehead atoms. The predicted molar refractivity (Wildman–Crippen MR) is 116 cm³/mol. The minimum absolute atomic E-state index is 0.130. The first-order valence-electron chi connectivity index (χ1n) is 10.6. The lowest BCUT2D eigenvalue weighted by molar-refractivity contribution is -0.115. The van der Waals surface area contributed by atoms with Crippen LogP contribution in [-0.2, 0) is 29.5 Å². The smallest absolute Gasteiger partial charge is 0.255 e. The Hall–Kier alpha value is -3.23. The van der Waals surface area contributed by atoms with Crippen molar-refractivity contribution in [2.75, 3.05) is 5.32 Å². The Balaban J connectivity index is 1.71. The lowest BCUT2D eigenvalue weighted by Gasteiger charge is -2.16. The molecule has 0 saturated heterocycles. The molecule has 0 aliphatic heterocycles. The number of nitrogens with zero attached hydrogens (tertiary/aromatic N) is 4. The average molecular weight is 425 g/mol. The Morgan fingerprint density at radius 3 is 2.68 bits per heavy atom. The van der Waals surface area contributed by atoms with Gasteiger partial charge in [-0.05, 0) is 39.5 Å². The summed E-state index contributed by atoms with van der Waals surface area (Å²) in [5.41, 5.74) is 3.41. The number of amides is 1. The summed E-state index contributed by atoms with van der Waals surface area (Å²) in [6, 6.07) is 1.82. The van der Waals surface area contributed by atoms with Gasteiger partial charge in [0.2, 0.25) is 11.9 Å². The molecule has 9 nitrogen and oxygen atoms in total. The summed E-state index contributed by atoms with van der Waals surface area (Å²) in [5, 5.41) is 11.5. The highest BCUT2D eigenvalue weighted by atomic mass is 16.5. The summed E-state index contributed by atoms with van der Waals surface area (Å²) in [5.74, 6) is 1.17. The molecule has 31 heavy (non-hydrogen) atoms. The van der Waals surface area contributed by atoms with Gasteiger partial charge < -0.3 is 9.84 Å². The van der Waals surface area contributed by atoms with Crippen molar-refractivity contribution in [1.82, 2.24) is 24.9 Å². The van der Waals surface area contributed by atoms with Crippen LogP contribution < -0.4 is 10.9 Å². The van der Waals surface area contributed by atoms with E-state index >= 15 is 0 Å². The number of aryl methyl sites for hydroxylation is 3. The summed E-state index contributed by atoms with van der Waals surface area (Å²) in [4.78, 5) is 33.0. The van der Waals surface area contributed by atoms with Crippen LogP contribution in [0.25, 0.3) is 5.95 Å². The molecule has 0 fully saturated rings. The maximum atomic E-state index is 12.8. The van der Waals surface area contributed by atoms with E-state index in [4.69, 9.17) is 4.52 Å². The number of carbonyl (C=O) groups is 1. The van der Waals surface area contributed by atoms with Crippen LogP contribution in [0.1, 0.15) is 67.6 Å². The number of fused-ring (bicyclic) bond motifs is 1. The highest BCUT2D eigenvalue weighted by Crippen LogP contribution is 2.26. The predicted octanol–water partition coefficient (Wildman–Crippen LogP) is 2.92. The van der Waals surface area contributed by atoms with E-state index < -0.39 is 0 Å². The Morgan fingerprint density at radius 2 is 2.00 bits per heavy atom. The summed E-state index contributed by atoms with van der Waals surface area (Å²) in [6.45, 7) is 9.71. The maximum absolute atomic E-state index is 12.8. The minimum Gasteiger partial charge on any atom is -0.361 e. The largest absolute Gasteiger partial charge is 0.361 e. The standard InChI is InChI=1S/C22H28N6O3/c1-12-15(13(2)31-27-12)10-19(29)24-18-11-17(22(3,4)5)26-28(18)21-23-16-9-7-6-8-14(16)20(30)25-21/h11H,6-10H2,1-5H3,(H,24,29)(H,23,25,30). The van der Waals surface area contributed by atoms with Gasteiger partial charge in [-0.25, -0.2) is 4.98 Å². The Morgan fingerprint density at radius 1 is 1.26 bits per heavy atom. The van der Waals surface area contributed by atoms with E-state index in [1.165, 1.54) is 4.68 Å². The third-order valence-electron chi connectivity index (χ3n) is 5.64. The monoisotopic (exact) mass is 424 g/mol. The molecular weight excluding hydrogens is 396 g/mol. The zero-order chi connectivity index (χ0) is 22.3. The molecule has 4 rings (SSSR count). The van der Waals surface area contributed by atoms with Gasteiger partial charge in [0.1, 0.15) is 11.6 Å². The zero-order valence-corrected chi connectivity index (χ0v) is 18.6. The molecule has 1 aliphatic rings. The molecule has 0 atom stereocenters. The molecule has 1 amide bonds. The molecule has 164 valence electrons. The lowest BCUT2D eigenvalue weighted by atomic mass is 9.92. The highest BCUT2D eigenvalue weighted by molar-refractivity contribution is 5.92. The fourth-order valence-electron chi connectivity index (χ4n) is 3.79. The van der Waals surface area contributed by atoms with Crippen LogP contribution in [0, 0.1) is 13.8 Å². The molecule has 2 N–H and O–H groups in total. The fourth-order valence-corrected chi connectivity index (χ4v) is 3.79. The molecule has 9 heteroatoms. The van der Waals surface area contributed by atoms with Crippen LogP contribution in [0.4, 0.5) is 5.82 Å². The topological polar surface area (TPSA) is 119 Å². The van der Waals surface area contributed by atoms with Crippen LogP contribution in [0.5, 0.6) is 0 Å². The van der Waals surface area contributed by atoms with Crippen molar-refractivity contribution in [3.05, 3.63) is 50.4 Å². The van der Waals surface area contributed by atoms with Crippen LogP contribution in [-0.4, -0.2) is 30.8 Å². The molecule has 0 spiro atoms. The van der Waals surface area contributed by atoms with E-state index in [0.29, 0.717) is 23.2 Å². The van der Waals surface area contributed by atoms with Gasteiger partial charge in [-0.15, -0.1) is 0 Å². The van der Waals surface area contributed by atoms with Gasteiger partial charge in [-0.1, -0.05) is 25.9 Å². The van der Waals surface area contributed by atoms with Gasteiger partial charge >= 0.3 is 0 Å². The number of aromatic amines is 1. The number of H-pyrrole nitrogens is 1. The zero-order valence-electron chi connectivity index (χ0n) is 18.6. The summed E-state index contributed by atoms with van der Waals surface area (Å²) >= 11 is 0.